The Morgan fingerprint density at radius 2 is 2.12 bits per heavy atom. The molecule has 3 rings (SSSR count). The fourth-order valence-corrected chi connectivity index (χ4v) is 2.87. The van der Waals surface area contributed by atoms with Crippen LogP contribution in [0.15, 0.2) is 27.3 Å². The Balaban J connectivity index is 1.73. The van der Waals surface area contributed by atoms with Gasteiger partial charge in [0.25, 0.3) is 0 Å². The number of amides is 1. The van der Waals surface area contributed by atoms with Gasteiger partial charge in [0, 0.05) is 17.4 Å². The molecular weight excluding hydrogens is 306 g/mol. The van der Waals surface area contributed by atoms with Crippen LogP contribution in [0, 0.1) is 13.8 Å². The summed E-state index contributed by atoms with van der Waals surface area (Å²) in [6, 6.07) is 3.75. The highest BCUT2D eigenvalue weighted by Crippen LogP contribution is 2.26. The molecule has 1 aromatic carbocycles. The number of nitrogens with one attached hydrogen (secondary N) is 1. The Morgan fingerprint density at radius 3 is 2.83 bits per heavy atom. The predicted molar refractivity (Wildman–Crippen MR) is 89.6 cm³/mol. The molecule has 1 unspecified atom stereocenters. The van der Waals surface area contributed by atoms with E-state index in [1.807, 2.05) is 33.8 Å². The third-order valence-corrected chi connectivity index (χ3v) is 3.99. The lowest BCUT2D eigenvalue weighted by Gasteiger charge is -2.09. The molecule has 0 saturated carbocycles. The summed E-state index contributed by atoms with van der Waals surface area (Å²) in [5, 5.41) is 7.75. The van der Waals surface area contributed by atoms with Crippen LogP contribution in [0.2, 0.25) is 0 Å². The van der Waals surface area contributed by atoms with Gasteiger partial charge in [-0.05, 0) is 38.0 Å². The molecule has 2 heterocycles. The van der Waals surface area contributed by atoms with E-state index in [0.717, 1.165) is 27.7 Å². The normalized spacial score (nSPS) is 12.5. The molecule has 0 spiro atoms. The summed E-state index contributed by atoms with van der Waals surface area (Å²) in [6.45, 7) is 7.83. The maximum atomic E-state index is 12.3. The number of nitrogens with zero attached hydrogens (tertiary/aromatic N) is 2. The second-order valence-electron chi connectivity index (χ2n) is 6.08. The zero-order valence-electron chi connectivity index (χ0n) is 14.3. The van der Waals surface area contributed by atoms with E-state index >= 15 is 0 Å². The highest BCUT2D eigenvalue weighted by molar-refractivity contribution is 5.90. The van der Waals surface area contributed by atoms with Crippen LogP contribution in [0.4, 0.5) is 0 Å². The Kier molecular flexibility index (Phi) is 4.38. The van der Waals surface area contributed by atoms with Crippen molar-refractivity contribution in [2.75, 3.05) is 0 Å². The summed E-state index contributed by atoms with van der Waals surface area (Å²) in [6.07, 6.45) is 2.60. The lowest BCUT2D eigenvalue weighted by atomic mass is 10.0. The second-order valence-corrected chi connectivity index (χ2v) is 6.08. The molecule has 0 fully saturated rings. The van der Waals surface area contributed by atoms with E-state index < -0.39 is 0 Å². The fraction of sp³-hybridized carbons (Fsp3) is 0.389. The van der Waals surface area contributed by atoms with Crippen LogP contribution in [0.1, 0.15) is 48.3 Å². The number of hydrogen-bond acceptors (Lipinski definition) is 5. The first-order chi connectivity index (χ1) is 11.5. The van der Waals surface area contributed by atoms with E-state index in [1.54, 1.807) is 6.26 Å². The molecular formula is C18H21N3O3. The summed E-state index contributed by atoms with van der Waals surface area (Å²) in [7, 11) is 0. The van der Waals surface area contributed by atoms with Gasteiger partial charge in [0.15, 0.2) is 5.82 Å². The molecule has 3 aromatic rings. The fourth-order valence-electron chi connectivity index (χ4n) is 2.87. The molecule has 24 heavy (non-hydrogen) atoms. The lowest BCUT2D eigenvalue weighted by Crippen LogP contribution is -2.28. The average Bonchev–Trinajstić information content (AvgIpc) is 3.14. The van der Waals surface area contributed by atoms with E-state index in [4.69, 9.17) is 8.94 Å². The summed E-state index contributed by atoms with van der Waals surface area (Å²) in [4.78, 5) is 16.6. The highest BCUT2D eigenvalue weighted by Gasteiger charge is 2.18. The lowest BCUT2D eigenvalue weighted by molar-refractivity contribution is -0.121. The van der Waals surface area contributed by atoms with Crippen LogP contribution in [0.3, 0.4) is 0 Å². The van der Waals surface area contributed by atoms with Crippen LogP contribution in [0.25, 0.3) is 11.0 Å². The van der Waals surface area contributed by atoms with Gasteiger partial charge in [0.1, 0.15) is 11.6 Å². The van der Waals surface area contributed by atoms with Gasteiger partial charge < -0.3 is 14.3 Å². The van der Waals surface area contributed by atoms with E-state index in [1.165, 1.54) is 0 Å². The molecule has 1 N–H and O–H groups in total. The Labute approximate surface area is 140 Å². The van der Waals surface area contributed by atoms with Crippen molar-refractivity contribution in [1.29, 1.82) is 0 Å². The van der Waals surface area contributed by atoms with Gasteiger partial charge in [-0.15, -0.1) is 0 Å². The molecule has 6 nitrogen and oxygen atoms in total. The minimum Gasteiger partial charge on any atom is -0.464 e. The molecule has 0 saturated heterocycles. The van der Waals surface area contributed by atoms with Gasteiger partial charge in [-0.2, -0.15) is 4.98 Å². The van der Waals surface area contributed by atoms with Crippen molar-refractivity contribution in [3.63, 3.8) is 0 Å². The van der Waals surface area contributed by atoms with Crippen molar-refractivity contribution in [1.82, 2.24) is 15.5 Å². The van der Waals surface area contributed by atoms with Gasteiger partial charge in [0.05, 0.1) is 12.7 Å². The number of carbonyl (C=O) groups is 1. The van der Waals surface area contributed by atoms with Crippen LogP contribution >= 0.6 is 0 Å². The number of hydrogen-bond donors (Lipinski definition) is 1. The standard InChI is InChI=1S/C18H21N3O3/c1-5-15-20-18(24-21-15)12(4)19-16(22)8-13-9-23-14-7-10(2)6-11(3)17(13)14/h6-7,9,12H,5,8H2,1-4H3,(H,19,22). The van der Waals surface area contributed by atoms with Crippen LogP contribution in [-0.2, 0) is 17.6 Å². The zero-order chi connectivity index (χ0) is 17.3. The third kappa shape index (κ3) is 3.18. The maximum Gasteiger partial charge on any atom is 0.248 e. The molecule has 0 bridgehead atoms. The van der Waals surface area contributed by atoms with E-state index in [-0.39, 0.29) is 18.4 Å². The number of fused-ring (bicyclic) bond motifs is 1. The quantitative estimate of drug-likeness (QED) is 0.776. The van der Waals surface area contributed by atoms with E-state index in [0.29, 0.717) is 18.1 Å². The van der Waals surface area contributed by atoms with Crippen LogP contribution in [-0.4, -0.2) is 16.0 Å². The number of aryl methyl sites for hydroxylation is 3. The molecule has 0 aliphatic carbocycles. The summed E-state index contributed by atoms with van der Waals surface area (Å²) >= 11 is 0. The van der Waals surface area contributed by atoms with Gasteiger partial charge in [-0.3, -0.25) is 4.79 Å². The third-order valence-electron chi connectivity index (χ3n) is 3.99. The smallest absolute Gasteiger partial charge is 0.248 e. The first kappa shape index (κ1) is 16.2. The molecule has 0 radical (unpaired) electrons. The number of benzene rings is 1. The zero-order valence-corrected chi connectivity index (χ0v) is 14.3. The molecule has 0 aliphatic rings. The molecule has 0 aliphatic heterocycles. The highest BCUT2D eigenvalue weighted by atomic mass is 16.5. The van der Waals surface area contributed by atoms with E-state index in [9.17, 15) is 4.79 Å². The number of rotatable bonds is 5. The SMILES string of the molecule is CCc1noc(C(C)NC(=O)Cc2coc3cc(C)cc(C)c23)n1. The summed E-state index contributed by atoms with van der Waals surface area (Å²) in [5.74, 6) is 0.948. The van der Waals surface area contributed by atoms with Crippen molar-refractivity contribution >= 4 is 16.9 Å². The Morgan fingerprint density at radius 1 is 1.33 bits per heavy atom. The van der Waals surface area contributed by atoms with Gasteiger partial charge in [-0.25, -0.2) is 0 Å². The molecule has 1 amide bonds. The minimum atomic E-state index is -0.327. The van der Waals surface area contributed by atoms with Crippen LogP contribution < -0.4 is 5.32 Å². The topological polar surface area (TPSA) is 81.2 Å². The van der Waals surface area contributed by atoms with Gasteiger partial charge in [-0.1, -0.05) is 18.1 Å². The Bertz CT molecular complexity index is 879. The van der Waals surface area contributed by atoms with Gasteiger partial charge in [0.2, 0.25) is 11.8 Å². The second kappa shape index (κ2) is 6.47. The maximum absolute atomic E-state index is 12.3. The monoisotopic (exact) mass is 327 g/mol. The van der Waals surface area contributed by atoms with Crippen LogP contribution in [0.5, 0.6) is 0 Å². The van der Waals surface area contributed by atoms with Gasteiger partial charge >= 0.3 is 0 Å². The minimum absolute atomic E-state index is 0.110. The molecule has 2 aromatic heterocycles. The Hall–Kier alpha value is -2.63. The average molecular weight is 327 g/mol. The van der Waals surface area contributed by atoms with Crippen molar-refractivity contribution in [3.8, 4) is 0 Å². The van der Waals surface area contributed by atoms with E-state index in [2.05, 4.69) is 21.5 Å². The number of carbonyl (C=O) groups excluding carboxylic acids is 1. The largest absolute Gasteiger partial charge is 0.464 e. The van der Waals surface area contributed by atoms with Crippen molar-refractivity contribution in [3.05, 3.63) is 46.8 Å². The van der Waals surface area contributed by atoms with Crippen molar-refractivity contribution in [2.45, 2.75) is 46.6 Å². The first-order valence-electron chi connectivity index (χ1n) is 8.07. The molecule has 1 atom stereocenters. The first-order valence-corrected chi connectivity index (χ1v) is 8.07. The summed E-state index contributed by atoms with van der Waals surface area (Å²) < 4.78 is 10.8. The molecule has 6 heteroatoms. The summed E-state index contributed by atoms with van der Waals surface area (Å²) in [5.41, 5.74) is 3.95. The number of furan rings is 1. The molecule has 126 valence electrons. The predicted octanol–water partition coefficient (Wildman–Crippen LogP) is 3.41. The van der Waals surface area contributed by atoms with Crippen molar-refractivity contribution in [2.24, 2.45) is 0 Å². The number of aromatic nitrogens is 2. The van der Waals surface area contributed by atoms with Crippen molar-refractivity contribution < 1.29 is 13.7 Å².